The number of nitrogens with zero attached hydrogens (tertiary/aromatic N) is 1. The van der Waals surface area contributed by atoms with Crippen LogP contribution in [-0.2, 0) is 4.79 Å². The third-order valence-electron chi connectivity index (χ3n) is 3.85. The molecule has 3 nitrogen and oxygen atoms in total. The van der Waals surface area contributed by atoms with Crippen LogP contribution < -0.4 is 5.32 Å². The van der Waals surface area contributed by atoms with Crippen molar-refractivity contribution in [3.05, 3.63) is 0 Å². The molecular formula is C13H24N2O. The average Bonchev–Trinajstić information content (AvgIpc) is 2.68. The van der Waals surface area contributed by atoms with Crippen molar-refractivity contribution < 1.29 is 4.79 Å². The molecule has 0 aromatic heterocycles. The Morgan fingerprint density at radius 2 is 1.75 bits per heavy atom. The zero-order valence-corrected chi connectivity index (χ0v) is 10.5. The van der Waals surface area contributed by atoms with Gasteiger partial charge in [-0.1, -0.05) is 12.8 Å². The summed E-state index contributed by atoms with van der Waals surface area (Å²) in [5, 5.41) is 3.46. The number of piperazine rings is 1. The first kappa shape index (κ1) is 11.9. The number of carbonyl (C=O) groups is 1. The minimum Gasteiger partial charge on any atom is -0.340 e. The topological polar surface area (TPSA) is 32.3 Å². The van der Waals surface area contributed by atoms with Crippen molar-refractivity contribution in [2.75, 3.05) is 13.1 Å². The highest BCUT2D eigenvalue weighted by Crippen LogP contribution is 2.28. The molecule has 2 atom stereocenters. The summed E-state index contributed by atoms with van der Waals surface area (Å²) in [7, 11) is 0. The quantitative estimate of drug-likeness (QED) is 0.775. The standard InChI is InChI=1S/C13H24N2O/c1-10-8-15(9-11(2)14-10)13(16)7-12-5-3-4-6-12/h10-12,14H,3-9H2,1-2H3. The van der Waals surface area contributed by atoms with E-state index in [-0.39, 0.29) is 0 Å². The summed E-state index contributed by atoms with van der Waals surface area (Å²) < 4.78 is 0. The Kier molecular flexibility index (Phi) is 3.85. The predicted octanol–water partition coefficient (Wildman–Crippen LogP) is 1.78. The first-order chi connectivity index (χ1) is 7.65. The first-order valence-corrected chi connectivity index (χ1v) is 6.69. The van der Waals surface area contributed by atoms with Crippen molar-refractivity contribution >= 4 is 5.91 Å². The minimum atomic E-state index is 0.382. The van der Waals surface area contributed by atoms with E-state index < -0.39 is 0 Å². The molecule has 1 aliphatic carbocycles. The van der Waals surface area contributed by atoms with Gasteiger partial charge in [-0.2, -0.15) is 0 Å². The van der Waals surface area contributed by atoms with Gasteiger partial charge in [-0.25, -0.2) is 0 Å². The Hall–Kier alpha value is -0.570. The molecule has 1 saturated carbocycles. The maximum absolute atomic E-state index is 12.1. The number of nitrogens with one attached hydrogen (secondary N) is 1. The number of carbonyl (C=O) groups excluding carboxylic acids is 1. The molecule has 1 amide bonds. The molecule has 1 aliphatic heterocycles. The maximum atomic E-state index is 12.1. The van der Waals surface area contributed by atoms with E-state index in [4.69, 9.17) is 0 Å². The van der Waals surface area contributed by atoms with Crippen LogP contribution in [0.5, 0.6) is 0 Å². The predicted molar refractivity (Wildman–Crippen MR) is 65.2 cm³/mol. The fourth-order valence-corrected chi connectivity index (χ4v) is 3.12. The number of hydrogen-bond donors (Lipinski definition) is 1. The third kappa shape index (κ3) is 2.97. The van der Waals surface area contributed by atoms with E-state index in [0.717, 1.165) is 19.5 Å². The van der Waals surface area contributed by atoms with E-state index in [1.165, 1.54) is 25.7 Å². The largest absolute Gasteiger partial charge is 0.340 e. The van der Waals surface area contributed by atoms with Gasteiger partial charge in [-0.3, -0.25) is 4.79 Å². The van der Waals surface area contributed by atoms with Crippen molar-refractivity contribution in [2.24, 2.45) is 5.92 Å². The van der Waals surface area contributed by atoms with Gasteiger partial charge in [0.15, 0.2) is 0 Å². The molecule has 16 heavy (non-hydrogen) atoms. The van der Waals surface area contributed by atoms with Gasteiger partial charge in [0, 0.05) is 31.6 Å². The molecule has 3 heteroatoms. The average molecular weight is 224 g/mol. The molecule has 92 valence electrons. The molecule has 0 aromatic rings. The Bertz CT molecular complexity index is 238. The summed E-state index contributed by atoms with van der Waals surface area (Å²) in [6.45, 7) is 6.09. The van der Waals surface area contributed by atoms with Crippen LogP contribution in [0.2, 0.25) is 0 Å². The first-order valence-electron chi connectivity index (χ1n) is 6.69. The molecule has 1 heterocycles. The molecule has 0 spiro atoms. The zero-order valence-electron chi connectivity index (χ0n) is 10.5. The van der Waals surface area contributed by atoms with Gasteiger partial charge in [0.05, 0.1) is 0 Å². The van der Waals surface area contributed by atoms with E-state index in [0.29, 0.717) is 23.9 Å². The van der Waals surface area contributed by atoms with Crippen LogP contribution in [0.4, 0.5) is 0 Å². The van der Waals surface area contributed by atoms with Crippen LogP contribution in [0, 0.1) is 5.92 Å². The van der Waals surface area contributed by atoms with Crippen molar-refractivity contribution in [1.82, 2.24) is 10.2 Å². The smallest absolute Gasteiger partial charge is 0.222 e. The summed E-state index contributed by atoms with van der Waals surface area (Å²) in [5.41, 5.74) is 0. The molecule has 0 aromatic carbocycles. The summed E-state index contributed by atoms with van der Waals surface area (Å²) in [6.07, 6.45) is 5.98. The van der Waals surface area contributed by atoms with E-state index in [9.17, 15) is 4.79 Å². The monoisotopic (exact) mass is 224 g/mol. The molecule has 2 fully saturated rings. The Morgan fingerprint density at radius 3 is 2.31 bits per heavy atom. The van der Waals surface area contributed by atoms with Gasteiger partial charge in [-0.05, 0) is 32.6 Å². The van der Waals surface area contributed by atoms with Crippen molar-refractivity contribution in [3.63, 3.8) is 0 Å². The molecule has 2 unspecified atom stereocenters. The van der Waals surface area contributed by atoms with E-state index in [2.05, 4.69) is 24.1 Å². The van der Waals surface area contributed by atoms with E-state index in [1.807, 2.05) is 0 Å². The lowest BCUT2D eigenvalue weighted by Crippen LogP contribution is -2.56. The molecule has 1 saturated heterocycles. The summed E-state index contributed by atoms with van der Waals surface area (Å²) in [4.78, 5) is 14.2. The van der Waals surface area contributed by atoms with Crippen molar-refractivity contribution in [2.45, 2.75) is 58.0 Å². The number of rotatable bonds is 2. The number of hydrogen-bond acceptors (Lipinski definition) is 2. The van der Waals surface area contributed by atoms with Gasteiger partial charge in [0.25, 0.3) is 0 Å². The van der Waals surface area contributed by atoms with Crippen molar-refractivity contribution in [1.29, 1.82) is 0 Å². The lowest BCUT2D eigenvalue weighted by atomic mass is 10.0. The molecule has 0 bridgehead atoms. The maximum Gasteiger partial charge on any atom is 0.222 e. The van der Waals surface area contributed by atoms with Gasteiger partial charge in [-0.15, -0.1) is 0 Å². The van der Waals surface area contributed by atoms with E-state index in [1.54, 1.807) is 0 Å². The normalized spacial score (nSPS) is 32.0. The third-order valence-corrected chi connectivity index (χ3v) is 3.85. The van der Waals surface area contributed by atoms with Gasteiger partial charge in [0.2, 0.25) is 5.91 Å². The highest BCUT2D eigenvalue weighted by Gasteiger charge is 2.27. The lowest BCUT2D eigenvalue weighted by molar-refractivity contribution is -0.133. The van der Waals surface area contributed by atoms with Gasteiger partial charge < -0.3 is 10.2 Å². The fraction of sp³-hybridized carbons (Fsp3) is 0.923. The number of amides is 1. The van der Waals surface area contributed by atoms with Crippen LogP contribution in [-0.4, -0.2) is 36.0 Å². The minimum absolute atomic E-state index is 0.382. The zero-order chi connectivity index (χ0) is 11.5. The molecule has 0 radical (unpaired) electrons. The SMILES string of the molecule is CC1CN(C(=O)CC2CCCC2)CC(C)N1. The second kappa shape index (κ2) is 5.17. The Morgan fingerprint density at radius 1 is 1.19 bits per heavy atom. The van der Waals surface area contributed by atoms with E-state index >= 15 is 0 Å². The van der Waals surface area contributed by atoms with Crippen LogP contribution in [0.1, 0.15) is 46.0 Å². The Balaban J connectivity index is 1.83. The summed E-state index contributed by atoms with van der Waals surface area (Å²) in [5.74, 6) is 1.06. The van der Waals surface area contributed by atoms with Gasteiger partial charge >= 0.3 is 0 Å². The summed E-state index contributed by atoms with van der Waals surface area (Å²) >= 11 is 0. The fourth-order valence-electron chi connectivity index (χ4n) is 3.12. The van der Waals surface area contributed by atoms with Crippen LogP contribution in [0.15, 0.2) is 0 Å². The van der Waals surface area contributed by atoms with Crippen LogP contribution in [0.25, 0.3) is 0 Å². The summed E-state index contributed by atoms with van der Waals surface area (Å²) in [6, 6.07) is 0.882. The molecular weight excluding hydrogens is 200 g/mol. The highest BCUT2D eigenvalue weighted by atomic mass is 16.2. The molecule has 2 aliphatic rings. The molecule has 2 rings (SSSR count). The highest BCUT2D eigenvalue weighted by molar-refractivity contribution is 5.76. The second-order valence-electron chi connectivity index (χ2n) is 5.62. The second-order valence-corrected chi connectivity index (χ2v) is 5.62. The van der Waals surface area contributed by atoms with Crippen molar-refractivity contribution in [3.8, 4) is 0 Å². The molecule has 1 N–H and O–H groups in total. The van der Waals surface area contributed by atoms with Crippen LogP contribution in [0.3, 0.4) is 0 Å². The van der Waals surface area contributed by atoms with Gasteiger partial charge in [0.1, 0.15) is 0 Å². The van der Waals surface area contributed by atoms with Crippen LogP contribution >= 0.6 is 0 Å². The lowest BCUT2D eigenvalue weighted by Gasteiger charge is -2.36. The Labute approximate surface area is 98.6 Å².